The second kappa shape index (κ2) is 12.4. The number of likely N-dealkylation sites (tertiary alicyclic amines) is 1. The predicted molar refractivity (Wildman–Crippen MR) is 140 cm³/mol. The number of piperazine rings is 1. The van der Waals surface area contributed by atoms with E-state index in [9.17, 15) is 32.3 Å². The van der Waals surface area contributed by atoms with Gasteiger partial charge in [0.25, 0.3) is 5.91 Å². The van der Waals surface area contributed by atoms with Crippen LogP contribution in [0.15, 0.2) is 36.4 Å². The molecule has 1 atom stereocenters. The number of hydrogen-bond acceptors (Lipinski definition) is 5. The van der Waals surface area contributed by atoms with Crippen molar-refractivity contribution >= 4 is 34.9 Å². The van der Waals surface area contributed by atoms with E-state index in [0.717, 1.165) is 0 Å². The molecule has 2 heterocycles. The maximum atomic E-state index is 14.9. The van der Waals surface area contributed by atoms with Crippen LogP contribution in [0.1, 0.15) is 28.8 Å². The van der Waals surface area contributed by atoms with Crippen molar-refractivity contribution in [2.24, 2.45) is 0 Å². The first kappa shape index (κ1) is 28.9. The van der Waals surface area contributed by atoms with Gasteiger partial charge >= 0.3 is 12.2 Å². The fourth-order valence-corrected chi connectivity index (χ4v) is 4.79. The standard InChI is InChI=1S/C26H30ClF4N5O3/c27-18-2-4-22(23(14-18)35-11-9-34(10-12-35)8-6-26(29,30)31)33-24(38)20-3-1-17(13-21(20)28)15-32-25(39)36-7-5-19(37)16-36/h1-4,13-14,19,37H,5-12,15-16H2,(H,32,39)(H,33,38). The Kier molecular flexibility index (Phi) is 9.19. The van der Waals surface area contributed by atoms with Gasteiger partial charge in [-0.3, -0.25) is 9.69 Å². The maximum Gasteiger partial charge on any atom is 0.390 e. The van der Waals surface area contributed by atoms with Crippen molar-refractivity contribution in [2.75, 3.05) is 56.0 Å². The Hall–Kier alpha value is -3.09. The number of carbonyl (C=O) groups excluding carboxylic acids is 2. The highest BCUT2D eigenvalue weighted by Gasteiger charge is 2.29. The van der Waals surface area contributed by atoms with Gasteiger partial charge in [-0.1, -0.05) is 17.7 Å². The molecule has 1 unspecified atom stereocenters. The van der Waals surface area contributed by atoms with E-state index in [2.05, 4.69) is 10.6 Å². The van der Waals surface area contributed by atoms with Crippen molar-refractivity contribution in [1.29, 1.82) is 0 Å². The molecule has 0 aromatic heterocycles. The largest absolute Gasteiger partial charge is 0.391 e. The van der Waals surface area contributed by atoms with Gasteiger partial charge in [0.1, 0.15) is 5.82 Å². The van der Waals surface area contributed by atoms with Crippen molar-refractivity contribution in [2.45, 2.75) is 31.7 Å². The third-order valence-corrected chi connectivity index (χ3v) is 7.04. The van der Waals surface area contributed by atoms with Crippen LogP contribution >= 0.6 is 11.6 Å². The molecule has 2 aromatic rings. The Labute approximate surface area is 228 Å². The van der Waals surface area contributed by atoms with Crippen molar-refractivity contribution < 1.29 is 32.3 Å². The summed E-state index contributed by atoms with van der Waals surface area (Å²) in [6, 6.07) is 8.54. The number of halogens is 5. The number of alkyl halides is 3. The molecule has 0 saturated carbocycles. The minimum absolute atomic E-state index is 0.0561. The summed E-state index contributed by atoms with van der Waals surface area (Å²) in [5.41, 5.74) is 1.27. The molecule has 8 nitrogen and oxygen atoms in total. The van der Waals surface area contributed by atoms with Gasteiger partial charge in [-0.25, -0.2) is 9.18 Å². The first-order chi connectivity index (χ1) is 18.5. The fourth-order valence-electron chi connectivity index (χ4n) is 4.63. The van der Waals surface area contributed by atoms with Gasteiger partial charge in [-0.2, -0.15) is 13.2 Å². The quantitative estimate of drug-likeness (QED) is 0.436. The summed E-state index contributed by atoms with van der Waals surface area (Å²) in [5.74, 6) is -1.44. The molecule has 2 fully saturated rings. The SMILES string of the molecule is O=C(Nc1ccc(Cl)cc1N1CCN(CCC(F)(F)F)CC1)c1ccc(CNC(=O)N2CCC(O)C2)cc1F. The minimum Gasteiger partial charge on any atom is -0.391 e. The summed E-state index contributed by atoms with van der Waals surface area (Å²) < 4.78 is 52.5. The summed E-state index contributed by atoms with van der Waals surface area (Å²) in [7, 11) is 0. The first-order valence-electron chi connectivity index (χ1n) is 12.6. The number of anilines is 2. The molecule has 39 heavy (non-hydrogen) atoms. The van der Waals surface area contributed by atoms with E-state index in [0.29, 0.717) is 61.1 Å². The highest BCUT2D eigenvalue weighted by molar-refractivity contribution is 6.31. The van der Waals surface area contributed by atoms with Crippen LogP contribution in [-0.2, 0) is 6.54 Å². The molecule has 4 rings (SSSR count). The van der Waals surface area contributed by atoms with Gasteiger partial charge in [0.2, 0.25) is 0 Å². The van der Waals surface area contributed by atoms with Crippen LogP contribution in [0.2, 0.25) is 5.02 Å². The van der Waals surface area contributed by atoms with Gasteiger partial charge in [-0.15, -0.1) is 0 Å². The molecule has 2 saturated heterocycles. The zero-order valence-electron chi connectivity index (χ0n) is 21.1. The highest BCUT2D eigenvalue weighted by Crippen LogP contribution is 2.31. The van der Waals surface area contributed by atoms with Crippen LogP contribution in [0.5, 0.6) is 0 Å². The topological polar surface area (TPSA) is 88.2 Å². The lowest BCUT2D eigenvalue weighted by Gasteiger charge is -2.37. The molecule has 0 bridgehead atoms. The lowest BCUT2D eigenvalue weighted by atomic mass is 10.1. The van der Waals surface area contributed by atoms with Crippen LogP contribution in [0.3, 0.4) is 0 Å². The van der Waals surface area contributed by atoms with E-state index in [1.165, 1.54) is 17.0 Å². The third-order valence-electron chi connectivity index (χ3n) is 6.80. The maximum absolute atomic E-state index is 14.9. The number of nitrogens with zero attached hydrogens (tertiary/aromatic N) is 3. The molecule has 13 heteroatoms. The molecule has 0 aliphatic carbocycles. The summed E-state index contributed by atoms with van der Waals surface area (Å²) >= 11 is 6.18. The molecule has 212 valence electrons. The second-order valence-corrected chi connectivity index (χ2v) is 10.1. The normalized spacial score (nSPS) is 18.4. The van der Waals surface area contributed by atoms with Crippen molar-refractivity contribution in [3.05, 3.63) is 58.4 Å². The van der Waals surface area contributed by atoms with Crippen molar-refractivity contribution in [3.63, 3.8) is 0 Å². The molecule has 0 spiro atoms. The smallest absolute Gasteiger partial charge is 0.390 e. The summed E-state index contributed by atoms with van der Waals surface area (Å²) in [6.07, 6.45) is -5.11. The first-order valence-corrected chi connectivity index (χ1v) is 13.0. The molecular formula is C26H30ClF4N5O3. The van der Waals surface area contributed by atoms with Crippen LogP contribution in [0.4, 0.5) is 33.7 Å². The summed E-state index contributed by atoms with van der Waals surface area (Å²) in [6.45, 7) is 2.39. The predicted octanol–water partition coefficient (Wildman–Crippen LogP) is 4.08. The zero-order chi connectivity index (χ0) is 28.2. The lowest BCUT2D eigenvalue weighted by Crippen LogP contribution is -2.47. The number of amides is 3. The van der Waals surface area contributed by atoms with Crippen LogP contribution in [0, 0.1) is 5.82 Å². The number of aliphatic hydroxyl groups is 1. The van der Waals surface area contributed by atoms with E-state index >= 15 is 0 Å². The Morgan fingerprint density at radius 1 is 1.05 bits per heavy atom. The second-order valence-electron chi connectivity index (χ2n) is 9.67. The Bertz CT molecular complexity index is 1190. The van der Waals surface area contributed by atoms with Crippen LogP contribution < -0.4 is 15.5 Å². The zero-order valence-corrected chi connectivity index (χ0v) is 21.9. The summed E-state index contributed by atoms with van der Waals surface area (Å²) in [4.78, 5) is 30.3. The third kappa shape index (κ3) is 7.96. The van der Waals surface area contributed by atoms with Crippen LogP contribution in [-0.4, -0.2) is 84.9 Å². The van der Waals surface area contributed by atoms with Gasteiger partial charge < -0.3 is 25.5 Å². The number of β-amino-alcohol motifs (C(OH)–C–C–N with tert-alkyl or cyclic N) is 1. The van der Waals surface area contributed by atoms with Gasteiger partial charge in [0, 0.05) is 57.4 Å². The highest BCUT2D eigenvalue weighted by atomic mass is 35.5. The van der Waals surface area contributed by atoms with Gasteiger partial charge in [0.05, 0.1) is 29.5 Å². The van der Waals surface area contributed by atoms with Crippen molar-refractivity contribution in [1.82, 2.24) is 15.1 Å². The molecule has 3 N–H and O–H groups in total. The lowest BCUT2D eigenvalue weighted by molar-refractivity contribution is -0.138. The molecule has 3 amide bonds. The van der Waals surface area contributed by atoms with Gasteiger partial charge in [-0.05, 0) is 42.3 Å². The van der Waals surface area contributed by atoms with E-state index in [1.54, 1.807) is 29.2 Å². The van der Waals surface area contributed by atoms with E-state index in [4.69, 9.17) is 11.6 Å². The number of rotatable bonds is 7. The van der Waals surface area contributed by atoms with Gasteiger partial charge in [0.15, 0.2) is 0 Å². The average Bonchev–Trinajstić information content (AvgIpc) is 3.33. The molecule has 2 aliphatic rings. The van der Waals surface area contributed by atoms with Crippen LogP contribution in [0.25, 0.3) is 0 Å². The Morgan fingerprint density at radius 3 is 2.44 bits per heavy atom. The van der Waals surface area contributed by atoms with E-state index in [-0.39, 0.29) is 31.2 Å². The monoisotopic (exact) mass is 571 g/mol. The number of benzene rings is 2. The number of urea groups is 1. The molecular weight excluding hydrogens is 542 g/mol. The number of carbonyl (C=O) groups is 2. The van der Waals surface area contributed by atoms with E-state index < -0.39 is 30.4 Å². The average molecular weight is 572 g/mol. The number of aliphatic hydroxyl groups excluding tert-OH is 1. The number of nitrogens with one attached hydrogen (secondary N) is 2. The summed E-state index contributed by atoms with van der Waals surface area (Å²) in [5, 5.41) is 15.4. The van der Waals surface area contributed by atoms with Crippen molar-refractivity contribution in [3.8, 4) is 0 Å². The minimum atomic E-state index is -4.21. The number of hydrogen-bond donors (Lipinski definition) is 3. The Balaban J connectivity index is 1.37. The fraction of sp³-hybridized carbons (Fsp3) is 0.462. The molecule has 0 radical (unpaired) electrons. The molecule has 2 aliphatic heterocycles. The van der Waals surface area contributed by atoms with E-state index in [1.807, 2.05) is 4.90 Å². The molecule has 2 aromatic carbocycles. The Morgan fingerprint density at radius 2 is 1.79 bits per heavy atom.